The lowest BCUT2D eigenvalue weighted by atomic mass is 10.1. The molecule has 0 aliphatic heterocycles. The van der Waals surface area contributed by atoms with Crippen LogP contribution < -0.4 is 10.3 Å². The summed E-state index contributed by atoms with van der Waals surface area (Å²) in [5, 5.41) is 4.31. The number of methoxy groups -OCH3 is 1. The third-order valence-electron chi connectivity index (χ3n) is 5.11. The van der Waals surface area contributed by atoms with Gasteiger partial charge in [-0.1, -0.05) is 60.7 Å². The quantitative estimate of drug-likeness (QED) is 0.429. The lowest BCUT2D eigenvalue weighted by Gasteiger charge is -2.24. The van der Waals surface area contributed by atoms with Gasteiger partial charge in [0.1, 0.15) is 5.82 Å². The Morgan fingerprint density at radius 1 is 0.909 bits per heavy atom. The predicted octanol–water partition coefficient (Wildman–Crippen LogP) is 4.22. The largest absolute Gasteiger partial charge is 0.494 e. The van der Waals surface area contributed by atoms with E-state index in [1.807, 2.05) is 60.7 Å². The van der Waals surface area contributed by atoms with Crippen LogP contribution in [0.2, 0.25) is 0 Å². The molecule has 0 aliphatic carbocycles. The predicted molar refractivity (Wildman–Crippen MR) is 123 cm³/mol. The van der Waals surface area contributed by atoms with Gasteiger partial charge < -0.3 is 9.64 Å². The van der Waals surface area contributed by atoms with Crippen LogP contribution in [0.3, 0.4) is 0 Å². The van der Waals surface area contributed by atoms with Gasteiger partial charge in [-0.15, -0.1) is 0 Å². The fraction of sp³-hybridized carbons (Fsp3) is 0.115. The van der Waals surface area contributed by atoms with Gasteiger partial charge in [0.15, 0.2) is 11.4 Å². The first-order valence-electron chi connectivity index (χ1n) is 10.4. The molecule has 0 aliphatic rings. The Balaban J connectivity index is 1.76. The average Bonchev–Trinajstić information content (AvgIpc) is 2.85. The molecule has 0 N–H and O–H groups in total. The Labute approximate surface area is 190 Å². The molecule has 4 rings (SSSR count). The third kappa shape index (κ3) is 5.15. The van der Waals surface area contributed by atoms with E-state index in [1.165, 1.54) is 37.4 Å². The van der Waals surface area contributed by atoms with Crippen LogP contribution in [-0.4, -0.2) is 27.7 Å². The van der Waals surface area contributed by atoms with Crippen molar-refractivity contribution >= 4 is 5.91 Å². The third-order valence-corrected chi connectivity index (χ3v) is 5.11. The number of rotatable bonds is 7. The second kappa shape index (κ2) is 9.91. The molecule has 1 heterocycles. The van der Waals surface area contributed by atoms with Crippen LogP contribution in [0.5, 0.6) is 5.75 Å². The minimum absolute atomic E-state index is 0.00622. The van der Waals surface area contributed by atoms with E-state index in [2.05, 4.69) is 5.10 Å². The van der Waals surface area contributed by atoms with Gasteiger partial charge in [-0.3, -0.25) is 9.59 Å². The Morgan fingerprint density at radius 3 is 1.97 bits per heavy atom. The first-order chi connectivity index (χ1) is 16.0. The van der Waals surface area contributed by atoms with Crippen LogP contribution in [0.25, 0.3) is 5.69 Å². The molecular weight excluding hydrogens is 421 g/mol. The zero-order valence-electron chi connectivity index (χ0n) is 18.0. The van der Waals surface area contributed by atoms with Crippen molar-refractivity contribution in [2.75, 3.05) is 7.11 Å². The van der Waals surface area contributed by atoms with Gasteiger partial charge in [-0.05, 0) is 35.4 Å². The molecule has 1 aromatic heterocycles. The summed E-state index contributed by atoms with van der Waals surface area (Å²) in [5.41, 5.74) is 1.75. The monoisotopic (exact) mass is 443 g/mol. The zero-order chi connectivity index (χ0) is 23.2. The molecule has 6 nitrogen and oxygen atoms in total. The van der Waals surface area contributed by atoms with Crippen molar-refractivity contribution in [3.63, 3.8) is 0 Å². The number of ether oxygens (including phenoxy) is 1. The maximum Gasteiger partial charge on any atom is 0.278 e. The van der Waals surface area contributed by atoms with Crippen molar-refractivity contribution in [1.82, 2.24) is 14.7 Å². The topological polar surface area (TPSA) is 64.4 Å². The van der Waals surface area contributed by atoms with Gasteiger partial charge in [-0.25, -0.2) is 4.39 Å². The summed E-state index contributed by atoms with van der Waals surface area (Å²) in [5.74, 6) is -0.751. The zero-order valence-corrected chi connectivity index (χ0v) is 18.0. The van der Waals surface area contributed by atoms with E-state index in [0.717, 1.165) is 15.8 Å². The highest BCUT2D eigenvalue weighted by molar-refractivity contribution is 5.94. The fourth-order valence-corrected chi connectivity index (χ4v) is 3.47. The number of aromatic nitrogens is 2. The lowest BCUT2D eigenvalue weighted by molar-refractivity contribution is 0.0718. The number of benzene rings is 3. The average molecular weight is 443 g/mol. The Morgan fingerprint density at radius 2 is 1.45 bits per heavy atom. The Kier molecular flexibility index (Phi) is 6.59. The summed E-state index contributed by atoms with van der Waals surface area (Å²) >= 11 is 0. The summed E-state index contributed by atoms with van der Waals surface area (Å²) in [6.45, 7) is 0.685. The maximum atomic E-state index is 13.7. The summed E-state index contributed by atoms with van der Waals surface area (Å²) in [4.78, 5) is 28.0. The van der Waals surface area contributed by atoms with Crippen LogP contribution in [-0.2, 0) is 13.1 Å². The van der Waals surface area contributed by atoms with E-state index in [0.29, 0.717) is 18.8 Å². The van der Waals surface area contributed by atoms with Crippen LogP contribution in [0, 0.1) is 5.82 Å². The summed E-state index contributed by atoms with van der Waals surface area (Å²) in [6.07, 6.45) is 0. The van der Waals surface area contributed by atoms with Crippen molar-refractivity contribution in [2.24, 2.45) is 0 Å². The van der Waals surface area contributed by atoms with Crippen molar-refractivity contribution in [3.8, 4) is 11.4 Å². The highest BCUT2D eigenvalue weighted by Crippen LogP contribution is 2.20. The van der Waals surface area contributed by atoms with Crippen molar-refractivity contribution in [3.05, 3.63) is 124 Å². The highest BCUT2D eigenvalue weighted by Gasteiger charge is 2.24. The normalized spacial score (nSPS) is 10.6. The van der Waals surface area contributed by atoms with Crippen LogP contribution in [0.4, 0.5) is 4.39 Å². The number of carbonyl (C=O) groups excluding carboxylic acids is 1. The van der Waals surface area contributed by atoms with Gasteiger partial charge in [0, 0.05) is 13.1 Å². The Hall–Kier alpha value is -4.26. The first kappa shape index (κ1) is 22.0. The number of nitrogens with zero attached hydrogens (tertiary/aromatic N) is 3. The summed E-state index contributed by atoms with van der Waals surface area (Å²) in [6, 6.07) is 25.8. The van der Waals surface area contributed by atoms with Crippen LogP contribution in [0.1, 0.15) is 21.6 Å². The Bertz CT molecular complexity index is 1250. The molecule has 0 saturated heterocycles. The molecule has 4 aromatic rings. The standard InChI is InChI=1S/C26H22FN3O3/c1-33-23-16-24(31)30(22-14-12-21(27)13-15-22)28-25(23)26(32)29(17-19-8-4-2-5-9-19)18-20-10-6-3-7-11-20/h2-16H,17-18H2,1H3. The van der Waals surface area contributed by atoms with E-state index in [4.69, 9.17) is 4.74 Å². The van der Waals surface area contributed by atoms with Gasteiger partial charge >= 0.3 is 0 Å². The van der Waals surface area contributed by atoms with Crippen LogP contribution >= 0.6 is 0 Å². The fourth-order valence-electron chi connectivity index (χ4n) is 3.47. The summed E-state index contributed by atoms with van der Waals surface area (Å²) in [7, 11) is 1.38. The molecule has 0 radical (unpaired) electrons. The number of carbonyl (C=O) groups is 1. The van der Waals surface area contributed by atoms with Gasteiger partial charge in [0.05, 0.1) is 18.9 Å². The first-order valence-corrected chi connectivity index (χ1v) is 10.4. The van der Waals surface area contributed by atoms with Gasteiger partial charge in [-0.2, -0.15) is 9.78 Å². The molecule has 0 spiro atoms. The molecule has 0 saturated carbocycles. The van der Waals surface area contributed by atoms with E-state index < -0.39 is 17.3 Å². The van der Waals surface area contributed by atoms with Crippen LogP contribution in [0.15, 0.2) is 95.8 Å². The molecular formula is C26H22FN3O3. The van der Waals surface area contributed by atoms with Crippen molar-refractivity contribution in [2.45, 2.75) is 13.1 Å². The SMILES string of the molecule is COc1cc(=O)n(-c2ccc(F)cc2)nc1C(=O)N(Cc1ccccc1)Cc1ccccc1. The smallest absolute Gasteiger partial charge is 0.278 e. The maximum absolute atomic E-state index is 13.7. The molecule has 0 bridgehead atoms. The molecule has 166 valence electrons. The molecule has 0 fully saturated rings. The van der Waals surface area contributed by atoms with E-state index in [9.17, 15) is 14.0 Å². The molecule has 33 heavy (non-hydrogen) atoms. The number of amides is 1. The van der Waals surface area contributed by atoms with E-state index in [-0.39, 0.29) is 11.4 Å². The minimum Gasteiger partial charge on any atom is -0.494 e. The number of hydrogen-bond donors (Lipinski definition) is 0. The minimum atomic E-state index is -0.493. The van der Waals surface area contributed by atoms with E-state index in [1.54, 1.807) is 4.90 Å². The molecule has 3 aromatic carbocycles. The van der Waals surface area contributed by atoms with Crippen molar-refractivity contribution in [1.29, 1.82) is 0 Å². The lowest BCUT2D eigenvalue weighted by Crippen LogP contribution is -2.33. The van der Waals surface area contributed by atoms with E-state index >= 15 is 0 Å². The molecule has 0 atom stereocenters. The number of halogens is 1. The number of hydrogen-bond acceptors (Lipinski definition) is 4. The molecule has 7 heteroatoms. The second-order valence-electron chi connectivity index (χ2n) is 7.42. The van der Waals surface area contributed by atoms with Crippen molar-refractivity contribution < 1.29 is 13.9 Å². The second-order valence-corrected chi connectivity index (χ2v) is 7.42. The van der Waals surface area contributed by atoms with Gasteiger partial charge in [0.2, 0.25) is 0 Å². The molecule has 1 amide bonds. The van der Waals surface area contributed by atoms with Gasteiger partial charge in [0.25, 0.3) is 11.5 Å². The molecule has 0 unspecified atom stereocenters. The summed E-state index contributed by atoms with van der Waals surface area (Å²) < 4.78 is 19.8. The highest BCUT2D eigenvalue weighted by atomic mass is 19.1.